The van der Waals surface area contributed by atoms with Gasteiger partial charge in [0.25, 0.3) is 0 Å². The van der Waals surface area contributed by atoms with Crippen LogP contribution in [0.25, 0.3) is 0 Å². The summed E-state index contributed by atoms with van der Waals surface area (Å²) in [5.74, 6) is -1.29. The molecule has 0 aromatic carbocycles. The third kappa shape index (κ3) is 1.47. The second-order valence-electron chi connectivity index (χ2n) is 2.18. The van der Waals surface area contributed by atoms with Crippen LogP contribution in [0.4, 0.5) is 0 Å². The minimum absolute atomic E-state index is 0.208. The van der Waals surface area contributed by atoms with Crippen LogP contribution in [0.1, 0.15) is 13.8 Å². The molecule has 3 nitrogen and oxygen atoms in total. The van der Waals surface area contributed by atoms with Gasteiger partial charge in [-0.15, -0.1) is 5.73 Å². The van der Waals surface area contributed by atoms with Gasteiger partial charge in [0.15, 0.2) is 5.60 Å². The average molecular weight is 142 g/mol. The van der Waals surface area contributed by atoms with Gasteiger partial charge in [0.2, 0.25) is 0 Å². The van der Waals surface area contributed by atoms with E-state index in [2.05, 4.69) is 12.3 Å². The third-order valence-electron chi connectivity index (χ3n) is 1.41. The first-order chi connectivity index (χ1) is 4.42. The molecular weight excluding hydrogens is 132 g/mol. The van der Waals surface area contributed by atoms with E-state index in [-0.39, 0.29) is 5.57 Å². The zero-order valence-electron chi connectivity index (χ0n) is 6.01. The summed E-state index contributed by atoms with van der Waals surface area (Å²) < 4.78 is 0. The Morgan fingerprint density at radius 1 is 1.70 bits per heavy atom. The van der Waals surface area contributed by atoms with Crippen molar-refractivity contribution in [3.05, 3.63) is 17.9 Å². The Balaban J connectivity index is 4.74. The Labute approximate surface area is 59.3 Å². The second-order valence-corrected chi connectivity index (χ2v) is 2.18. The van der Waals surface area contributed by atoms with Crippen LogP contribution in [0.2, 0.25) is 0 Å². The molecule has 0 aliphatic carbocycles. The van der Waals surface area contributed by atoms with Gasteiger partial charge >= 0.3 is 5.97 Å². The van der Waals surface area contributed by atoms with Crippen molar-refractivity contribution >= 4 is 5.97 Å². The molecule has 0 aromatic rings. The molecule has 0 rings (SSSR count). The van der Waals surface area contributed by atoms with E-state index in [4.69, 9.17) is 10.2 Å². The van der Waals surface area contributed by atoms with Crippen LogP contribution in [0, 0.1) is 0 Å². The minimum Gasteiger partial charge on any atom is -0.479 e. The zero-order chi connectivity index (χ0) is 8.36. The Morgan fingerprint density at radius 2 is 2.10 bits per heavy atom. The van der Waals surface area contributed by atoms with Gasteiger partial charge in [0, 0.05) is 5.57 Å². The van der Waals surface area contributed by atoms with Gasteiger partial charge in [-0.05, 0) is 13.8 Å². The predicted octanol–water partition coefficient (Wildman–Crippen LogP) is 0.553. The van der Waals surface area contributed by atoms with Gasteiger partial charge in [-0.3, -0.25) is 0 Å². The first kappa shape index (κ1) is 8.95. The molecule has 0 aromatic heterocycles. The molecular formula is C7H10O3. The Bertz CT molecular complexity index is 197. The molecule has 0 aliphatic rings. The smallest absolute Gasteiger partial charge is 0.340 e. The fourth-order valence-corrected chi connectivity index (χ4v) is 0.333. The summed E-state index contributed by atoms with van der Waals surface area (Å²) in [6.07, 6.45) is 0. The minimum atomic E-state index is -1.83. The number of hydrogen-bond donors (Lipinski definition) is 2. The van der Waals surface area contributed by atoms with E-state index in [9.17, 15) is 4.79 Å². The van der Waals surface area contributed by atoms with Crippen molar-refractivity contribution in [3.8, 4) is 0 Å². The van der Waals surface area contributed by atoms with Gasteiger partial charge in [-0.1, -0.05) is 6.58 Å². The van der Waals surface area contributed by atoms with Gasteiger partial charge in [0.1, 0.15) is 0 Å². The van der Waals surface area contributed by atoms with E-state index in [1.807, 2.05) is 0 Å². The summed E-state index contributed by atoms with van der Waals surface area (Å²) in [5.41, 5.74) is 0.699. The molecule has 0 radical (unpaired) electrons. The van der Waals surface area contributed by atoms with E-state index in [0.717, 1.165) is 0 Å². The molecule has 10 heavy (non-hydrogen) atoms. The highest BCUT2D eigenvalue weighted by Gasteiger charge is 2.31. The summed E-state index contributed by atoms with van der Waals surface area (Å²) in [6, 6.07) is 0. The van der Waals surface area contributed by atoms with Crippen molar-refractivity contribution in [1.29, 1.82) is 0 Å². The number of rotatable bonds is 2. The van der Waals surface area contributed by atoms with Crippen molar-refractivity contribution in [3.63, 3.8) is 0 Å². The SMILES string of the molecule is C=C=C(C)C(C)(O)C(=O)O. The first-order valence-electron chi connectivity index (χ1n) is 2.75. The van der Waals surface area contributed by atoms with Crippen molar-refractivity contribution in [2.45, 2.75) is 19.4 Å². The Kier molecular flexibility index (Phi) is 2.41. The number of carboxylic acids is 1. The number of hydrogen-bond acceptors (Lipinski definition) is 2. The maximum Gasteiger partial charge on any atom is 0.340 e. The molecule has 3 heteroatoms. The largest absolute Gasteiger partial charge is 0.479 e. The maximum absolute atomic E-state index is 10.3. The lowest BCUT2D eigenvalue weighted by molar-refractivity contribution is -0.152. The highest BCUT2D eigenvalue weighted by Crippen LogP contribution is 2.13. The fourth-order valence-electron chi connectivity index (χ4n) is 0.333. The predicted molar refractivity (Wildman–Crippen MR) is 36.6 cm³/mol. The highest BCUT2D eigenvalue weighted by molar-refractivity contribution is 5.80. The van der Waals surface area contributed by atoms with Crippen LogP contribution in [-0.4, -0.2) is 21.8 Å². The number of aliphatic carboxylic acids is 1. The highest BCUT2D eigenvalue weighted by atomic mass is 16.4. The molecule has 0 amide bonds. The number of aliphatic hydroxyl groups is 1. The fraction of sp³-hybridized carbons (Fsp3) is 0.429. The molecule has 1 unspecified atom stereocenters. The number of carboxylic acid groups (broad SMARTS) is 1. The van der Waals surface area contributed by atoms with Crippen LogP contribution >= 0.6 is 0 Å². The lowest BCUT2D eigenvalue weighted by Gasteiger charge is -2.16. The molecule has 0 bridgehead atoms. The van der Waals surface area contributed by atoms with Crippen molar-refractivity contribution in [1.82, 2.24) is 0 Å². The Morgan fingerprint density at radius 3 is 2.20 bits per heavy atom. The van der Waals surface area contributed by atoms with Gasteiger partial charge in [0.05, 0.1) is 0 Å². The first-order valence-corrected chi connectivity index (χ1v) is 2.75. The molecule has 0 aliphatic heterocycles. The summed E-state index contributed by atoms with van der Waals surface area (Å²) in [4.78, 5) is 10.3. The molecule has 0 saturated heterocycles. The number of carbonyl (C=O) groups is 1. The lowest BCUT2D eigenvalue weighted by Crippen LogP contribution is -2.35. The van der Waals surface area contributed by atoms with Crippen LogP contribution in [0.3, 0.4) is 0 Å². The molecule has 1 atom stereocenters. The summed E-state index contributed by atoms with van der Waals surface area (Å²) >= 11 is 0. The van der Waals surface area contributed by atoms with Crippen molar-refractivity contribution in [2.24, 2.45) is 0 Å². The third-order valence-corrected chi connectivity index (χ3v) is 1.41. The van der Waals surface area contributed by atoms with Crippen LogP contribution < -0.4 is 0 Å². The second kappa shape index (κ2) is 2.69. The van der Waals surface area contributed by atoms with Gasteiger partial charge in [-0.25, -0.2) is 4.79 Å². The lowest BCUT2D eigenvalue weighted by atomic mass is 9.99. The zero-order valence-corrected chi connectivity index (χ0v) is 6.01. The summed E-state index contributed by atoms with van der Waals surface area (Å²) in [5, 5.41) is 17.5. The topological polar surface area (TPSA) is 57.5 Å². The van der Waals surface area contributed by atoms with E-state index in [1.54, 1.807) is 0 Å². The Hall–Kier alpha value is -1.05. The average Bonchev–Trinajstić information content (AvgIpc) is 1.86. The van der Waals surface area contributed by atoms with Crippen LogP contribution in [-0.2, 0) is 4.79 Å². The molecule has 0 spiro atoms. The molecule has 56 valence electrons. The monoisotopic (exact) mass is 142 g/mol. The van der Waals surface area contributed by atoms with E-state index in [0.29, 0.717) is 0 Å². The van der Waals surface area contributed by atoms with Crippen LogP contribution in [0.5, 0.6) is 0 Å². The molecule has 0 heterocycles. The van der Waals surface area contributed by atoms with Gasteiger partial charge in [-0.2, -0.15) is 0 Å². The standard InChI is InChI=1S/C7H10O3/c1-4-5(2)7(3,10)6(8)9/h10H,1H2,2-3H3,(H,8,9). The molecule has 0 saturated carbocycles. The molecule has 0 fully saturated rings. The molecule has 2 N–H and O–H groups in total. The quantitative estimate of drug-likeness (QED) is 0.553. The normalized spacial score (nSPS) is 15.1. The van der Waals surface area contributed by atoms with Gasteiger partial charge < -0.3 is 10.2 Å². The van der Waals surface area contributed by atoms with E-state index in [1.165, 1.54) is 13.8 Å². The summed E-state index contributed by atoms with van der Waals surface area (Å²) in [6.45, 7) is 5.87. The van der Waals surface area contributed by atoms with E-state index < -0.39 is 11.6 Å². The maximum atomic E-state index is 10.3. The van der Waals surface area contributed by atoms with Crippen LogP contribution in [0.15, 0.2) is 17.9 Å². The van der Waals surface area contributed by atoms with E-state index >= 15 is 0 Å². The summed E-state index contributed by atoms with van der Waals surface area (Å²) in [7, 11) is 0. The van der Waals surface area contributed by atoms with Crippen molar-refractivity contribution in [2.75, 3.05) is 0 Å². The van der Waals surface area contributed by atoms with Crippen molar-refractivity contribution < 1.29 is 15.0 Å².